The van der Waals surface area contributed by atoms with E-state index in [1.54, 1.807) is 6.07 Å². The number of aryl methyl sites for hydroxylation is 1. The Labute approximate surface area is 212 Å². The summed E-state index contributed by atoms with van der Waals surface area (Å²) in [5.74, 6) is 1.56. The molecule has 5 aliphatic rings. The molecular formula is C30H36N2O4. The zero-order valence-corrected chi connectivity index (χ0v) is 21.0. The van der Waals surface area contributed by atoms with E-state index >= 15 is 0 Å². The van der Waals surface area contributed by atoms with E-state index < -0.39 is 11.0 Å². The van der Waals surface area contributed by atoms with Crippen molar-refractivity contribution in [2.45, 2.75) is 80.6 Å². The fourth-order valence-electron chi connectivity index (χ4n) is 8.11. The highest BCUT2D eigenvalue weighted by molar-refractivity contribution is 5.77. The van der Waals surface area contributed by atoms with Crippen molar-refractivity contribution in [1.82, 2.24) is 9.80 Å². The molecule has 190 valence electrons. The van der Waals surface area contributed by atoms with Gasteiger partial charge in [-0.05, 0) is 74.6 Å². The van der Waals surface area contributed by atoms with Gasteiger partial charge in [0.2, 0.25) is 5.91 Å². The number of rotatable bonds is 6. The van der Waals surface area contributed by atoms with Gasteiger partial charge in [-0.1, -0.05) is 36.4 Å². The van der Waals surface area contributed by atoms with Gasteiger partial charge in [-0.2, -0.15) is 0 Å². The molecule has 3 fully saturated rings. The Morgan fingerprint density at radius 2 is 1.94 bits per heavy atom. The van der Waals surface area contributed by atoms with Gasteiger partial charge in [-0.15, -0.1) is 0 Å². The van der Waals surface area contributed by atoms with Crippen LogP contribution in [0.2, 0.25) is 0 Å². The van der Waals surface area contributed by atoms with Gasteiger partial charge >= 0.3 is 0 Å². The van der Waals surface area contributed by atoms with E-state index in [-0.39, 0.29) is 29.8 Å². The van der Waals surface area contributed by atoms with Crippen molar-refractivity contribution in [3.63, 3.8) is 0 Å². The Hall–Kier alpha value is -2.57. The number of aliphatic hydroxyl groups is 1. The fourth-order valence-corrected chi connectivity index (χ4v) is 8.11. The second-order valence-corrected chi connectivity index (χ2v) is 11.9. The van der Waals surface area contributed by atoms with E-state index in [0.717, 1.165) is 43.0 Å². The van der Waals surface area contributed by atoms with Crippen molar-refractivity contribution in [3.8, 4) is 11.5 Å². The zero-order chi connectivity index (χ0) is 24.7. The Morgan fingerprint density at radius 3 is 2.72 bits per heavy atom. The monoisotopic (exact) mass is 488 g/mol. The molecule has 5 atom stereocenters. The Kier molecular flexibility index (Phi) is 5.00. The minimum Gasteiger partial charge on any atom is -0.504 e. The Morgan fingerprint density at radius 1 is 1.14 bits per heavy atom. The van der Waals surface area contributed by atoms with E-state index in [2.05, 4.69) is 17.0 Å². The summed E-state index contributed by atoms with van der Waals surface area (Å²) in [7, 11) is 1.90. The molecular weight excluding hydrogens is 452 g/mol. The summed E-state index contributed by atoms with van der Waals surface area (Å²) in [5.41, 5.74) is 1.87. The van der Waals surface area contributed by atoms with Gasteiger partial charge in [0.25, 0.3) is 0 Å². The van der Waals surface area contributed by atoms with E-state index in [4.69, 9.17) is 4.74 Å². The van der Waals surface area contributed by atoms with Gasteiger partial charge in [0, 0.05) is 31.6 Å². The molecule has 3 aliphatic carbocycles. The first-order valence-corrected chi connectivity index (χ1v) is 13.7. The van der Waals surface area contributed by atoms with Crippen molar-refractivity contribution in [3.05, 3.63) is 59.2 Å². The molecule has 1 spiro atoms. The number of likely N-dealkylation sites (N-methyl/N-ethyl adjacent to an activating group) is 1. The van der Waals surface area contributed by atoms with Gasteiger partial charge < -0.3 is 19.8 Å². The number of hydrogen-bond acceptors (Lipinski definition) is 5. The molecule has 2 saturated carbocycles. The van der Waals surface area contributed by atoms with Crippen LogP contribution in [-0.2, 0) is 23.1 Å². The molecule has 2 heterocycles. The van der Waals surface area contributed by atoms with Gasteiger partial charge in [-0.3, -0.25) is 9.69 Å². The number of ether oxygens (including phenoxy) is 1. The maximum atomic E-state index is 13.4. The third-order valence-corrected chi connectivity index (χ3v) is 10.1. The third kappa shape index (κ3) is 3.07. The lowest BCUT2D eigenvalue weighted by atomic mass is 9.48. The number of aromatic hydroxyl groups is 1. The summed E-state index contributed by atoms with van der Waals surface area (Å²) in [6.07, 6.45) is 6.33. The number of carbonyl (C=O) groups is 1. The molecule has 2 aromatic carbocycles. The second kappa shape index (κ2) is 7.96. The summed E-state index contributed by atoms with van der Waals surface area (Å²) in [4.78, 5) is 17.8. The number of phenols is 1. The number of piperidine rings is 1. The van der Waals surface area contributed by atoms with Crippen molar-refractivity contribution in [2.75, 3.05) is 20.1 Å². The molecule has 2 aromatic rings. The highest BCUT2D eigenvalue weighted by atomic mass is 16.5. The van der Waals surface area contributed by atoms with Crippen LogP contribution in [0.5, 0.6) is 11.5 Å². The van der Waals surface area contributed by atoms with E-state index in [9.17, 15) is 15.0 Å². The second-order valence-electron chi connectivity index (χ2n) is 11.9. The molecule has 2 bridgehead atoms. The lowest BCUT2D eigenvalue weighted by Gasteiger charge is -2.64. The van der Waals surface area contributed by atoms with Crippen LogP contribution in [0.4, 0.5) is 0 Å². The first-order valence-electron chi connectivity index (χ1n) is 13.7. The lowest BCUT2D eigenvalue weighted by Crippen LogP contribution is -2.78. The van der Waals surface area contributed by atoms with Crippen LogP contribution in [0.15, 0.2) is 42.5 Å². The quantitative estimate of drug-likeness (QED) is 0.652. The summed E-state index contributed by atoms with van der Waals surface area (Å²) in [6.45, 7) is 1.99. The minimum absolute atomic E-state index is 0.0565. The molecule has 0 aromatic heterocycles. The van der Waals surface area contributed by atoms with E-state index in [1.807, 2.05) is 36.2 Å². The number of nitrogens with zero attached hydrogens (tertiary/aromatic N) is 2. The van der Waals surface area contributed by atoms with Gasteiger partial charge in [0.15, 0.2) is 11.5 Å². The first-order chi connectivity index (χ1) is 17.4. The van der Waals surface area contributed by atoms with Crippen LogP contribution in [0.3, 0.4) is 0 Å². The number of phenolic OH excluding ortho intramolecular Hbond substituents is 1. The first kappa shape index (κ1) is 22.6. The zero-order valence-electron chi connectivity index (χ0n) is 21.0. The highest BCUT2D eigenvalue weighted by Crippen LogP contribution is 2.66. The van der Waals surface area contributed by atoms with Crippen LogP contribution in [0, 0.1) is 5.92 Å². The van der Waals surface area contributed by atoms with Gasteiger partial charge in [-0.25, -0.2) is 0 Å². The maximum absolute atomic E-state index is 13.4. The van der Waals surface area contributed by atoms with Gasteiger partial charge in [0.05, 0.1) is 17.1 Å². The summed E-state index contributed by atoms with van der Waals surface area (Å²) < 4.78 is 6.63. The number of likely N-dealkylation sites (tertiary alicyclic amines) is 1. The molecule has 1 amide bonds. The van der Waals surface area contributed by atoms with Crippen LogP contribution in [0.25, 0.3) is 0 Å². The average molecular weight is 489 g/mol. The molecule has 6 nitrogen and oxygen atoms in total. The third-order valence-electron chi connectivity index (χ3n) is 10.1. The lowest BCUT2D eigenvalue weighted by molar-refractivity contribution is -0.200. The van der Waals surface area contributed by atoms with Crippen LogP contribution < -0.4 is 4.74 Å². The number of benzene rings is 2. The molecule has 1 unspecified atom stereocenters. The minimum atomic E-state index is -0.915. The van der Waals surface area contributed by atoms with Crippen LogP contribution in [-0.4, -0.2) is 69.8 Å². The van der Waals surface area contributed by atoms with Crippen LogP contribution in [0.1, 0.15) is 55.2 Å². The average Bonchev–Trinajstić information content (AvgIpc) is 3.63. The van der Waals surface area contributed by atoms with Crippen LogP contribution >= 0.6 is 0 Å². The number of carbonyl (C=O) groups excluding carboxylic acids is 1. The molecule has 7 rings (SSSR count). The predicted molar refractivity (Wildman–Crippen MR) is 136 cm³/mol. The highest BCUT2D eigenvalue weighted by Gasteiger charge is 2.73. The molecule has 0 radical (unpaired) electrons. The number of hydrogen-bond donors (Lipinski definition) is 2. The molecule has 1 saturated heterocycles. The van der Waals surface area contributed by atoms with Crippen molar-refractivity contribution in [2.24, 2.45) is 5.92 Å². The van der Waals surface area contributed by atoms with E-state index in [1.165, 1.54) is 18.4 Å². The summed E-state index contributed by atoms with van der Waals surface area (Å²) >= 11 is 0. The van der Waals surface area contributed by atoms with Crippen molar-refractivity contribution in [1.29, 1.82) is 0 Å². The molecule has 2 aliphatic heterocycles. The van der Waals surface area contributed by atoms with Gasteiger partial charge in [0.1, 0.15) is 6.10 Å². The van der Waals surface area contributed by atoms with Crippen molar-refractivity contribution < 1.29 is 19.7 Å². The Balaban J connectivity index is 1.23. The predicted octanol–water partition coefficient (Wildman–Crippen LogP) is 3.42. The van der Waals surface area contributed by atoms with E-state index in [0.29, 0.717) is 31.4 Å². The SMILES string of the molecule is CN(C(=O)CCc1ccccc1)[C@@H]1CC[C@@]2(O)[C@H]3Cc4ccc(O)c5c4[C@@]2(CCN3CC2CC2)C1O5. The largest absolute Gasteiger partial charge is 0.504 e. The topological polar surface area (TPSA) is 73.2 Å². The molecule has 36 heavy (non-hydrogen) atoms. The maximum Gasteiger partial charge on any atom is 0.223 e. The number of amides is 1. The normalized spacial score (nSPS) is 34.1. The Bertz CT molecular complexity index is 1200. The standard InChI is InChI=1S/C30H36N2O4/c1-31(25(34)12-9-19-5-3-2-4-6-19)22-13-14-30(35)24-17-21-10-11-23(33)27-26(21)29(30,28(22)36-27)15-16-32(24)18-20-7-8-20/h2-6,10-11,20,22,24,28,33,35H,7-9,12-18H2,1H3/t22-,24-,28?,29+,30-/m1/s1. The summed E-state index contributed by atoms with van der Waals surface area (Å²) in [5, 5.41) is 23.4. The smallest absolute Gasteiger partial charge is 0.223 e. The summed E-state index contributed by atoms with van der Waals surface area (Å²) in [6, 6.07) is 13.8. The fraction of sp³-hybridized carbons (Fsp3) is 0.567. The van der Waals surface area contributed by atoms with Crippen molar-refractivity contribution >= 4 is 5.91 Å². The molecule has 2 N–H and O–H groups in total. The molecule has 6 heteroatoms.